The number of hydrogen-bond donors (Lipinski definition) is 1. The molecule has 0 bridgehead atoms. The van der Waals surface area contributed by atoms with Crippen LogP contribution in [0.2, 0.25) is 0 Å². The number of rotatable bonds is 3. The summed E-state index contributed by atoms with van der Waals surface area (Å²) in [6, 6.07) is 14.0. The Morgan fingerprint density at radius 2 is 1.55 bits per heavy atom. The molecule has 2 aliphatic heterocycles. The summed E-state index contributed by atoms with van der Waals surface area (Å²) in [7, 11) is 0. The largest absolute Gasteiger partial charge is 0.355 e. The molecular weight excluding hydrogens is 422 g/mol. The number of hydrogen-bond acceptors (Lipinski definition) is 2. The van der Waals surface area contributed by atoms with Crippen LogP contribution in [0.25, 0.3) is 0 Å². The third-order valence-corrected chi connectivity index (χ3v) is 8.34. The monoisotopic (exact) mass is 452 g/mol. The topological polar surface area (TPSA) is 49.4 Å². The Kier molecular flexibility index (Phi) is 5.71. The maximum Gasteiger partial charge on any atom is 0.233 e. The number of nitrogens with one attached hydrogen (secondary N) is 1. The lowest BCUT2D eigenvalue weighted by Crippen LogP contribution is -2.55. The molecule has 0 radical (unpaired) electrons. The van der Waals surface area contributed by atoms with Crippen LogP contribution in [0.3, 0.4) is 0 Å². The van der Waals surface area contributed by atoms with Crippen molar-refractivity contribution in [3.63, 3.8) is 0 Å². The minimum absolute atomic E-state index is 0.0637. The Labute approximate surface area is 193 Å². The van der Waals surface area contributed by atoms with E-state index in [-0.39, 0.29) is 30.3 Å². The van der Waals surface area contributed by atoms with Gasteiger partial charge in [-0.05, 0) is 48.8 Å². The van der Waals surface area contributed by atoms with Crippen molar-refractivity contribution in [1.82, 2.24) is 10.2 Å². The third-order valence-electron chi connectivity index (χ3n) is 8.34. The average Bonchev–Trinajstić information content (AvgIpc) is 3.32. The standard InChI is InChI=1S/C27H30F2N2O2/c28-21-9-6-10-22(29)24(21)20-18-30-23(32)17-26(20)13-15-31(16-14-26)25(33)27(11-4-5-12-27)19-7-2-1-3-8-19/h1-3,6-10,20H,4-5,11-18H2,(H,30,32). The summed E-state index contributed by atoms with van der Waals surface area (Å²) in [6.45, 7) is 1.24. The Balaban J connectivity index is 1.40. The highest BCUT2D eigenvalue weighted by Gasteiger charge is 2.51. The van der Waals surface area contributed by atoms with Crippen molar-refractivity contribution in [1.29, 1.82) is 0 Å². The van der Waals surface area contributed by atoms with Gasteiger partial charge in [-0.2, -0.15) is 0 Å². The van der Waals surface area contributed by atoms with Gasteiger partial charge in [0.2, 0.25) is 11.8 Å². The zero-order valence-electron chi connectivity index (χ0n) is 18.8. The van der Waals surface area contributed by atoms with Crippen LogP contribution in [0, 0.1) is 17.0 Å². The summed E-state index contributed by atoms with van der Waals surface area (Å²) >= 11 is 0. The Hall–Kier alpha value is -2.76. The van der Waals surface area contributed by atoms with E-state index in [0.717, 1.165) is 31.2 Å². The highest BCUT2D eigenvalue weighted by Crippen LogP contribution is 2.51. The second-order valence-electron chi connectivity index (χ2n) is 9.98. The van der Waals surface area contributed by atoms with E-state index in [9.17, 15) is 18.4 Å². The third kappa shape index (κ3) is 3.73. The lowest BCUT2D eigenvalue weighted by atomic mass is 9.62. The molecule has 6 heteroatoms. The van der Waals surface area contributed by atoms with E-state index in [2.05, 4.69) is 17.4 Å². The minimum Gasteiger partial charge on any atom is -0.355 e. The van der Waals surface area contributed by atoms with Gasteiger partial charge in [0, 0.05) is 37.5 Å². The van der Waals surface area contributed by atoms with Gasteiger partial charge in [0.1, 0.15) is 11.6 Å². The van der Waals surface area contributed by atoms with Gasteiger partial charge in [-0.3, -0.25) is 9.59 Å². The number of amides is 2. The van der Waals surface area contributed by atoms with Crippen molar-refractivity contribution in [3.8, 4) is 0 Å². The maximum absolute atomic E-state index is 14.7. The van der Waals surface area contributed by atoms with Crippen LogP contribution in [0.1, 0.15) is 62.0 Å². The molecule has 1 N–H and O–H groups in total. The summed E-state index contributed by atoms with van der Waals surface area (Å²) in [5.74, 6) is -1.50. The maximum atomic E-state index is 14.7. The predicted molar refractivity (Wildman–Crippen MR) is 122 cm³/mol. The lowest BCUT2D eigenvalue weighted by molar-refractivity contribution is -0.141. The molecule has 1 spiro atoms. The Morgan fingerprint density at radius 3 is 2.18 bits per heavy atom. The van der Waals surface area contributed by atoms with Crippen molar-refractivity contribution >= 4 is 11.8 Å². The molecule has 1 atom stereocenters. The molecule has 2 aromatic rings. The van der Waals surface area contributed by atoms with Gasteiger partial charge < -0.3 is 10.2 Å². The van der Waals surface area contributed by atoms with Crippen molar-refractivity contribution in [3.05, 3.63) is 71.3 Å². The SMILES string of the molecule is O=C1CC2(CCN(C(=O)C3(c4ccccc4)CCCC3)CC2)C(c2c(F)cccc2F)CN1. The zero-order chi connectivity index (χ0) is 23.1. The quantitative estimate of drug-likeness (QED) is 0.735. The second-order valence-corrected chi connectivity index (χ2v) is 9.98. The lowest BCUT2D eigenvalue weighted by Gasteiger charge is -2.50. The van der Waals surface area contributed by atoms with Crippen LogP contribution in [0.5, 0.6) is 0 Å². The van der Waals surface area contributed by atoms with E-state index >= 15 is 0 Å². The number of benzene rings is 2. The van der Waals surface area contributed by atoms with E-state index in [1.54, 1.807) is 0 Å². The number of carbonyl (C=O) groups is 2. The normalized spacial score (nSPS) is 24.0. The minimum atomic E-state index is -0.567. The first-order valence-corrected chi connectivity index (χ1v) is 12.0. The van der Waals surface area contributed by atoms with Gasteiger partial charge in [0.15, 0.2) is 0 Å². The van der Waals surface area contributed by atoms with Crippen LogP contribution in [-0.4, -0.2) is 36.3 Å². The molecule has 1 saturated carbocycles. The summed E-state index contributed by atoms with van der Waals surface area (Å²) in [5, 5.41) is 2.81. The highest BCUT2D eigenvalue weighted by molar-refractivity contribution is 5.89. The van der Waals surface area contributed by atoms with Gasteiger partial charge >= 0.3 is 0 Å². The Morgan fingerprint density at radius 1 is 0.909 bits per heavy atom. The summed E-state index contributed by atoms with van der Waals surface area (Å²) < 4.78 is 29.4. The number of likely N-dealkylation sites (tertiary alicyclic amines) is 1. The highest BCUT2D eigenvalue weighted by atomic mass is 19.1. The fraction of sp³-hybridized carbons (Fsp3) is 0.481. The van der Waals surface area contributed by atoms with Gasteiger partial charge in [-0.25, -0.2) is 8.78 Å². The number of piperidine rings is 2. The molecule has 1 aliphatic carbocycles. The van der Waals surface area contributed by atoms with Crippen molar-refractivity contribution in [2.45, 2.75) is 56.3 Å². The summed E-state index contributed by atoms with van der Waals surface area (Å²) in [5.41, 5.74) is 0.120. The second kappa shape index (κ2) is 8.54. The van der Waals surface area contributed by atoms with Gasteiger partial charge in [-0.1, -0.05) is 49.2 Å². The fourth-order valence-electron chi connectivity index (χ4n) is 6.53. The fourth-order valence-corrected chi connectivity index (χ4v) is 6.53. The molecule has 3 aliphatic rings. The van der Waals surface area contributed by atoms with Crippen LogP contribution in [0.15, 0.2) is 48.5 Å². The molecule has 4 nitrogen and oxygen atoms in total. The predicted octanol–water partition coefficient (Wildman–Crippen LogP) is 4.69. The van der Waals surface area contributed by atoms with Crippen LogP contribution in [0.4, 0.5) is 8.78 Å². The zero-order valence-corrected chi connectivity index (χ0v) is 18.8. The van der Waals surface area contributed by atoms with E-state index in [0.29, 0.717) is 25.9 Å². The van der Waals surface area contributed by atoms with Crippen LogP contribution >= 0.6 is 0 Å². The van der Waals surface area contributed by atoms with Gasteiger partial charge in [0.05, 0.1) is 5.41 Å². The van der Waals surface area contributed by atoms with E-state index < -0.39 is 28.4 Å². The van der Waals surface area contributed by atoms with E-state index in [1.165, 1.54) is 18.2 Å². The molecule has 2 heterocycles. The molecule has 1 unspecified atom stereocenters. The molecule has 2 amide bonds. The molecule has 33 heavy (non-hydrogen) atoms. The molecule has 2 aromatic carbocycles. The van der Waals surface area contributed by atoms with Gasteiger partial charge in [0.25, 0.3) is 0 Å². The first kappa shape index (κ1) is 22.1. The molecular formula is C27H30F2N2O2. The first-order chi connectivity index (χ1) is 16.0. The molecule has 174 valence electrons. The smallest absolute Gasteiger partial charge is 0.233 e. The number of nitrogens with zero attached hydrogens (tertiary/aromatic N) is 1. The molecule has 3 fully saturated rings. The number of halogens is 2. The summed E-state index contributed by atoms with van der Waals surface area (Å²) in [4.78, 5) is 28.1. The van der Waals surface area contributed by atoms with Crippen LogP contribution in [-0.2, 0) is 15.0 Å². The van der Waals surface area contributed by atoms with Crippen LogP contribution < -0.4 is 5.32 Å². The van der Waals surface area contributed by atoms with Gasteiger partial charge in [-0.15, -0.1) is 0 Å². The number of carbonyl (C=O) groups excluding carboxylic acids is 2. The molecule has 2 saturated heterocycles. The Bertz CT molecular complexity index is 1020. The average molecular weight is 453 g/mol. The molecule has 5 rings (SSSR count). The van der Waals surface area contributed by atoms with Crippen molar-refractivity contribution in [2.75, 3.05) is 19.6 Å². The van der Waals surface area contributed by atoms with E-state index in [1.807, 2.05) is 23.1 Å². The van der Waals surface area contributed by atoms with Crippen molar-refractivity contribution < 1.29 is 18.4 Å². The first-order valence-electron chi connectivity index (χ1n) is 12.0. The molecule has 0 aromatic heterocycles. The summed E-state index contributed by atoms with van der Waals surface area (Å²) in [6.07, 6.45) is 5.13. The van der Waals surface area contributed by atoms with E-state index in [4.69, 9.17) is 0 Å². The van der Waals surface area contributed by atoms with Crippen molar-refractivity contribution in [2.24, 2.45) is 5.41 Å².